The van der Waals surface area contributed by atoms with Gasteiger partial charge in [-0.1, -0.05) is 0 Å². The van der Waals surface area contributed by atoms with Crippen LogP contribution < -0.4 is 10.2 Å². The average molecular weight is 424 g/mol. The Kier molecular flexibility index (Phi) is 4.43. The minimum absolute atomic E-state index is 0.208. The van der Waals surface area contributed by atoms with E-state index in [-0.39, 0.29) is 12.0 Å². The SMILES string of the molecule is CN(c1c(C#N)cnc2[nH]ccc12)C1C[C@@H]2CN(C(=O)Nc3nc(O)ns3)C[C@@H]2C1. The molecule has 3 N–H and O–H groups in total. The number of carbonyl (C=O) groups excluding carboxylic acids is 1. The summed E-state index contributed by atoms with van der Waals surface area (Å²) in [5.41, 5.74) is 2.27. The molecule has 4 heterocycles. The van der Waals surface area contributed by atoms with Crippen molar-refractivity contribution >= 4 is 39.4 Å². The summed E-state index contributed by atoms with van der Waals surface area (Å²) < 4.78 is 3.66. The molecule has 30 heavy (non-hydrogen) atoms. The highest BCUT2D eigenvalue weighted by Crippen LogP contribution is 2.42. The van der Waals surface area contributed by atoms with Crippen molar-refractivity contribution in [2.45, 2.75) is 18.9 Å². The molecule has 1 unspecified atom stereocenters. The summed E-state index contributed by atoms with van der Waals surface area (Å²) in [5.74, 6) is 0.834. The highest BCUT2D eigenvalue weighted by atomic mass is 32.1. The lowest BCUT2D eigenvalue weighted by molar-refractivity contribution is 0.218. The van der Waals surface area contributed by atoms with Crippen LogP contribution in [0.15, 0.2) is 18.5 Å². The standard InChI is InChI=1S/C19H20N8O2S/c1-26(15-12(6-20)7-22-16-14(15)2-3-21-16)13-4-10-8-27(9-11(10)5-13)19(29)24-18-23-17(28)25-30-18/h2-3,7,10-11,13H,4-5,8-9H2,1H3,(H,21,22)(H2,23,24,25,28,29)/t10-,11+,13?. The van der Waals surface area contributed by atoms with Crippen LogP contribution in [0, 0.1) is 23.2 Å². The maximum Gasteiger partial charge on any atom is 0.327 e. The number of aromatic hydroxyl groups is 1. The fraction of sp³-hybridized carbons (Fsp3) is 0.421. The van der Waals surface area contributed by atoms with Crippen molar-refractivity contribution < 1.29 is 9.90 Å². The van der Waals surface area contributed by atoms with Crippen molar-refractivity contribution in [3.05, 3.63) is 24.0 Å². The number of urea groups is 1. The number of H-pyrrole nitrogens is 1. The molecule has 0 radical (unpaired) electrons. The largest absolute Gasteiger partial charge is 0.478 e. The molecule has 3 aromatic heterocycles. The van der Waals surface area contributed by atoms with Gasteiger partial charge >= 0.3 is 12.0 Å². The number of carbonyl (C=O) groups is 1. The van der Waals surface area contributed by atoms with Gasteiger partial charge in [0.2, 0.25) is 5.13 Å². The predicted molar refractivity (Wildman–Crippen MR) is 111 cm³/mol. The van der Waals surface area contributed by atoms with E-state index in [4.69, 9.17) is 0 Å². The van der Waals surface area contributed by atoms with Gasteiger partial charge in [-0.3, -0.25) is 5.32 Å². The van der Waals surface area contributed by atoms with E-state index in [1.807, 2.05) is 24.2 Å². The predicted octanol–water partition coefficient (Wildman–Crippen LogP) is 2.37. The van der Waals surface area contributed by atoms with Gasteiger partial charge in [-0.25, -0.2) is 9.78 Å². The van der Waals surface area contributed by atoms with Gasteiger partial charge in [-0.05, 0) is 30.7 Å². The van der Waals surface area contributed by atoms with Gasteiger partial charge in [-0.2, -0.15) is 10.2 Å². The van der Waals surface area contributed by atoms with E-state index in [1.165, 1.54) is 0 Å². The number of hydrogen-bond donors (Lipinski definition) is 3. The molecule has 1 aliphatic heterocycles. The van der Waals surface area contributed by atoms with Gasteiger partial charge in [0.25, 0.3) is 0 Å². The molecule has 0 spiro atoms. The second kappa shape index (κ2) is 7.14. The Morgan fingerprint density at radius 3 is 2.87 bits per heavy atom. The van der Waals surface area contributed by atoms with E-state index in [0.29, 0.717) is 41.7 Å². The van der Waals surface area contributed by atoms with E-state index in [1.54, 1.807) is 6.20 Å². The van der Waals surface area contributed by atoms with Crippen LogP contribution in [0.5, 0.6) is 6.01 Å². The molecule has 3 aromatic rings. The van der Waals surface area contributed by atoms with Gasteiger partial charge in [0.05, 0.1) is 11.3 Å². The van der Waals surface area contributed by atoms with Gasteiger partial charge in [0.1, 0.15) is 11.7 Å². The van der Waals surface area contributed by atoms with E-state index >= 15 is 0 Å². The van der Waals surface area contributed by atoms with Crippen LogP contribution in [-0.4, -0.2) is 61.5 Å². The third-order valence-corrected chi connectivity index (χ3v) is 6.84. The molecule has 11 heteroatoms. The number of anilines is 2. The van der Waals surface area contributed by atoms with Crippen molar-refractivity contribution in [3.8, 4) is 12.1 Å². The minimum atomic E-state index is -0.330. The monoisotopic (exact) mass is 424 g/mol. The number of aromatic amines is 1. The second-order valence-electron chi connectivity index (χ2n) is 7.86. The zero-order valence-corrected chi connectivity index (χ0v) is 17.1. The summed E-state index contributed by atoms with van der Waals surface area (Å²) >= 11 is 0.955. The van der Waals surface area contributed by atoms with Gasteiger partial charge in [0.15, 0.2) is 0 Å². The van der Waals surface area contributed by atoms with Crippen LogP contribution in [-0.2, 0) is 0 Å². The third kappa shape index (κ3) is 3.09. The summed E-state index contributed by atoms with van der Waals surface area (Å²) in [6.07, 6.45) is 5.39. The highest BCUT2D eigenvalue weighted by Gasteiger charge is 2.44. The maximum absolute atomic E-state index is 12.5. The second-order valence-corrected chi connectivity index (χ2v) is 8.62. The molecule has 3 atom stereocenters. The van der Waals surface area contributed by atoms with Crippen LogP contribution >= 0.6 is 11.5 Å². The summed E-state index contributed by atoms with van der Waals surface area (Å²) in [5, 5.41) is 22.8. The number of pyridine rings is 1. The lowest BCUT2D eigenvalue weighted by Gasteiger charge is -2.29. The molecule has 1 saturated carbocycles. The van der Waals surface area contributed by atoms with Crippen LogP contribution in [0.2, 0.25) is 0 Å². The van der Waals surface area contributed by atoms with Crippen molar-refractivity contribution in [3.63, 3.8) is 0 Å². The summed E-state index contributed by atoms with van der Waals surface area (Å²) in [4.78, 5) is 27.7. The van der Waals surface area contributed by atoms with Crippen LogP contribution in [0.1, 0.15) is 18.4 Å². The fourth-order valence-electron chi connectivity index (χ4n) is 4.83. The van der Waals surface area contributed by atoms with E-state index in [2.05, 4.69) is 35.6 Å². The Labute approximate surface area is 176 Å². The summed E-state index contributed by atoms with van der Waals surface area (Å²) in [7, 11) is 2.04. The zero-order valence-electron chi connectivity index (χ0n) is 16.2. The first-order chi connectivity index (χ1) is 14.5. The minimum Gasteiger partial charge on any atom is -0.478 e. The number of rotatable bonds is 3. The number of nitrogens with one attached hydrogen (secondary N) is 2. The number of nitrogens with zero attached hydrogens (tertiary/aromatic N) is 6. The maximum atomic E-state index is 12.5. The number of aromatic nitrogens is 4. The fourth-order valence-corrected chi connectivity index (χ4v) is 5.29. The molecule has 2 fully saturated rings. The van der Waals surface area contributed by atoms with E-state index in [0.717, 1.165) is 41.1 Å². The molecular formula is C19H20N8O2S. The Morgan fingerprint density at radius 1 is 1.43 bits per heavy atom. The van der Waals surface area contributed by atoms with Gasteiger partial charge < -0.3 is 19.9 Å². The zero-order chi connectivity index (χ0) is 20.8. The molecular weight excluding hydrogens is 404 g/mol. The molecule has 2 amide bonds. The van der Waals surface area contributed by atoms with E-state index < -0.39 is 0 Å². The first kappa shape index (κ1) is 18.6. The van der Waals surface area contributed by atoms with Gasteiger partial charge in [0, 0.05) is 55.5 Å². The molecule has 0 bridgehead atoms. The summed E-state index contributed by atoms with van der Waals surface area (Å²) in [6, 6.07) is 4.00. The number of hydrogen-bond acceptors (Lipinski definition) is 8. The number of nitriles is 1. The van der Waals surface area contributed by atoms with Gasteiger partial charge in [-0.15, -0.1) is 4.37 Å². The van der Waals surface area contributed by atoms with Crippen LogP contribution in [0.3, 0.4) is 0 Å². The first-order valence-corrected chi connectivity index (χ1v) is 10.5. The first-order valence-electron chi connectivity index (χ1n) is 9.71. The van der Waals surface area contributed by atoms with Crippen LogP contribution in [0.25, 0.3) is 11.0 Å². The Hall–Kier alpha value is -3.39. The van der Waals surface area contributed by atoms with Crippen molar-refractivity contribution in [2.24, 2.45) is 11.8 Å². The molecule has 0 aromatic carbocycles. The number of likely N-dealkylation sites (tertiary alicyclic amines) is 1. The lowest BCUT2D eigenvalue weighted by Crippen LogP contribution is -2.36. The Balaban J connectivity index is 1.28. The van der Waals surface area contributed by atoms with Crippen molar-refractivity contribution in [2.75, 3.05) is 30.4 Å². The smallest absolute Gasteiger partial charge is 0.327 e. The highest BCUT2D eigenvalue weighted by molar-refractivity contribution is 7.10. The van der Waals surface area contributed by atoms with Crippen molar-refractivity contribution in [1.29, 1.82) is 5.26 Å². The molecule has 10 nitrogen and oxygen atoms in total. The Morgan fingerprint density at radius 2 is 2.20 bits per heavy atom. The van der Waals surface area contributed by atoms with E-state index in [9.17, 15) is 15.2 Å². The molecule has 2 aliphatic rings. The molecule has 5 rings (SSSR count). The van der Waals surface area contributed by atoms with Crippen LogP contribution in [0.4, 0.5) is 15.6 Å². The van der Waals surface area contributed by atoms with Crippen molar-refractivity contribution in [1.82, 2.24) is 24.2 Å². The molecule has 1 saturated heterocycles. The molecule has 1 aliphatic carbocycles. The third-order valence-electron chi connectivity index (χ3n) is 6.22. The Bertz CT molecular complexity index is 1140. The topological polar surface area (TPSA) is 134 Å². The number of amides is 2. The summed E-state index contributed by atoms with van der Waals surface area (Å²) in [6.45, 7) is 1.37. The normalized spacial score (nSPS) is 22.8. The number of fused-ring (bicyclic) bond motifs is 2. The quantitative estimate of drug-likeness (QED) is 0.587. The lowest BCUT2D eigenvalue weighted by atomic mass is 10.0. The average Bonchev–Trinajstić information content (AvgIpc) is 3.49. The molecule has 154 valence electrons.